The summed E-state index contributed by atoms with van der Waals surface area (Å²) in [5, 5.41) is 3.36. The van der Waals surface area contributed by atoms with Crippen molar-refractivity contribution >= 4 is 40.4 Å². The SMILES string of the molecule is COc1ccc(NC2=C(c3ccc(F)cc3)C(=O)N(c3ccccc3)C2=O)cc1Cl. The minimum atomic E-state index is -0.516. The highest BCUT2D eigenvalue weighted by Crippen LogP contribution is 2.35. The first-order valence-electron chi connectivity index (χ1n) is 9.04. The van der Waals surface area contributed by atoms with E-state index in [9.17, 15) is 14.0 Å². The van der Waals surface area contributed by atoms with Crippen molar-refractivity contribution in [3.63, 3.8) is 0 Å². The van der Waals surface area contributed by atoms with Crippen molar-refractivity contribution in [2.45, 2.75) is 0 Å². The van der Waals surface area contributed by atoms with Gasteiger partial charge in [0, 0.05) is 5.69 Å². The summed E-state index contributed by atoms with van der Waals surface area (Å²) in [6.45, 7) is 0. The Bertz CT molecular complexity index is 1160. The first kappa shape index (κ1) is 19.7. The second-order valence-electron chi connectivity index (χ2n) is 6.51. The number of halogens is 2. The van der Waals surface area contributed by atoms with Crippen LogP contribution in [0.25, 0.3) is 5.57 Å². The predicted molar refractivity (Wildman–Crippen MR) is 114 cm³/mol. The van der Waals surface area contributed by atoms with Crippen molar-refractivity contribution in [1.82, 2.24) is 0 Å². The van der Waals surface area contributed by atoms with Crippen LogP contribution in [0.1, 0.15) is 5.56 Å². The predicted octanol–water partition coefficient (Wildman–Crippen LogP) is 4.88. The number of imide groups is 1. The molecule has 0 bridgehead atoms. The van der Waals surface area contributed by atoms with E-state index in [0.29, 0.717) is 27.7 Å². The first-order chi connectivity index (χ1) is 14.5. The van der Waals surface area contributed by atoms with E-state index in [0.717, 1.165) is 4.90 Å². The lowest BCUT2D eigenvalue weighted by atomic mass is 10.0. The highest BCUT2D eigenvalue weighted by molar-refractivity contribution is 6.46. The van der Waals surface area contributed by atoms with Crippen LogP contribution >= 0.6 is 11.6 Å². The van der Waals surface area contributed by atoms with Crippen molar-refractivity contribution in [3.05, 3.63) is 94.9 Å². The van der Waals surface area contributed by atoms with Crippen molar-refractivity contribution in [1.29, 1.82) is 0 Å². The lowest BCUT2D eigenvalue weighted by Crippen LogP contribution is -2.32. The number of benzene rings is 3. The van der Waals surface area contributed by atoms with Crippen LogP contribution in [0, 0.1) is 5.82 Å². The number of nitrogens with one attached hydrogen (secondary N) is 1. The number of anilines is 2. The summed E-state index contributed by atoms with van der Waals surface area (Å²) in [6, 6.07) is 19.0. The van der Waals surface area contributed by atoms with Crippen molar-refractivity contribution in [2.24, 2.45) is 0 Å². The number of methoxy groups -OCH3 is 1. The molecule has 2 amide bonds. The maximum Gasteiger partial charge on any atom is 0.282 e. The molecule has 0 aromatic heterocycles. The summed E-state index contributed by atoms with van der Waals surface area (Å²) in [4.78, 5) is 27.6. The van der Waals surface area contributed by atoms with E-state index in [1.807, 2.05) is 0 Å². The molecule has 0 radical (unpaired) electrons. The Morgan fingerprint density at radius 3 is 2.27 bits per heavy atom. The van der Waals surface area contributed by atoms with Crippen LogP contribution in [0.15, 0.2) is 78.5 Å². The molecule has 7 heteroatoms. The highest BCUT2D eigenvalue weighted by atomic mass is 35.5. The highest BCUT2D eigenvalue weighted by Gasteiger charge is 2.40. The number of hydrogen-bond acceptors (Lipinski definition) is 4. The summed E-state index contributed by atoms with van der Waals surface area (Å²) in [6.07, 6.45) is 0. The molecule has 3 aromatic carbocycles. The molecular weight excluding hydrogens is 407 g/mol. The van der Waals surface area contributed by atoms with Crippen LogP contribution in [0.4, 0.5) is 15.8 Å². The normalized spacial score (nSPS) is 13.8. The number of carbonyl (C=O) groups is 2. The summed E-state index contributed by atoms with van der Waals surface area (Å²) in [5.41, 5.74) is 1.60. The molecule has 4 rings (SSSR count). The number of amides is 2. The lowest BCUT2D eigenvalue weighted by molar-refractivity contribution is -0.120. The van der Waals surface area contributed by atoms with Crippen molar-refractivity contribution in [3.8, 4) is 5.75 Å². The van der Waals surface area contributed by atoms with Gasteiger partial charge in [-0.3, -0.25) is 9.59 Å². The maximum absolute atomic E-state index is 13.4. The van der Waals surface area contributed by atoms with E-state index in [1.165, 1.54) is 31.4 Å². The maximum atomic E-state index is 13.4. The third-order valence-electron chi connectivity index (χ3n) is 4.65. The average molecular weight is 423 g/mol. The Morgan fingerprint density at radius 1 is 0.933 bits per heavy atom. The third kappa shape index (κ3) is 3.53. The number of rotatable bonds is 5. The smallest absolute Gasteiger partial charge is 0.282 e. The van der Waals surface area contributed by atoms with Crippen LogP contribution in [-0.4, -0.2) is 18.9 Å². The van der Waals surface area contributed by atoms with Gasteiger partial charge in [0.1, 0.15) is 17.3 Å². The van der Waals surface area contributed by atoms with E-state index >= 15 is 0 Å². The fraction of sp³-hybridized carbons (Fsp3) is 0.0435. The molecule has 0 spiro atoms. The minimum Gasteiger partial charge on any atom is -0.495 e. The Balaban J connectivity index is 1.81. The fourth-order valence-corrected chi connectivity index (χ4v) is 3.49. The van der Waals surface area contributed by atoms with E-state index in [4.69, 9.17) is 16.3 Å². The zero-order valence-electron chi connectivity index (χ0n) is 15.9. The van der Waals surface area contributed by atoms with Crippen molar-refractivity contribution in [2.75, 3.05) is 17.3 Å². The number of para-hydroxylation sites is 1. The Labute approximate surface area is 177 Å². The molecule has 30 heavy (non-hydrogen) atoms. The Morgan fingerprint density at radius 2 is 1.63 bits per heavy atom. The van der Waals surface area contributed by atoms with Crippen LogP contribution in [0.2, 0.25) is 5.02 Å². The zero-order valence-corrected chi connectivity index (χ0v) is 16.6. The summed E-state index contributed by atoms with van der Waals surface area (Å²) < 4.78 is 18.6. The summed E-state index contributed by atoms with van der Waals surface area (Å²) >= 11 is 6.19. The van der Waals surface area contributed by atoms with E-state index in [2.05, 4.69) is 5.32 Å². The van der Waals surface area contributed by atoms with Crippen LogP contribution < -0.4 is 15.0 Å². The first-order valence-corrected chi connectivity index (χ1v) is 9.42. The van der Waals surface area contributed by atoms with Gasteiger partial charge in [0.15, 0.2) is 0 Å². The van der Waals surface area contributed by atoms with Gasteiger partial charge in [-0.15, -0.1) is 0 Å². The van der Waals surface area contributed by atoms with Crippen LogP contribution in [0.5, 0.6) is 5.75 Å². The number of ether oxygens (including phenoxy) is 1. The fourth-order valence-electron chi connectivity index (χ4n) is 3.23. The summed E-state index contributed by atoms with van der Waals surface area (Å²) in [5.74, 6) is -0.973. The molecule has 1 aliphatic heterocycles. The molecule has 0 aliphatic carbocycles. The van der Waals surface area contributed by atoms with Gasteiger partial charge in [0.2, 0.25) is 0 Å². The molecule has 0 unspecified atom stereocenters. The molecule has 1 aliphatic rings. The van der Waals surface area contributed by atoms with Gasteiger partial charge in [-0.05, 0) is 48.0 Å². The van der Waals surface area contributed by atoms with E-state index in [-0.39, 0.29) is 11.3 Å². The number of hydrogen-bond donors (Lipinski definition) is 1. The quantitative estimate of drug-likeness (QED) is 0.595. The molecule has 1 heterocycles. The van der Waals surface area contributed by atoms with Crippen LogP contribution in [0.3, 0.4) is 0 Å². The zero-order chi connectivity index (χ0) is 21.3. The van der Waals surface area contributed by atoms with E-state index < -0.39 is 17.6 Å². The minimum absolute atomic E-state index is 0.0803. The van der Waals surface area contributed by atoms with Crippen LogP contribution in [-0.2, 0) is 9.59 Å². The van der Waals surface area contributed by atoms with Gasteiger partial charge in [-0.25, -0.2) is 9.29 Å². The van der Waals surface area contributed by atoms with Crippen molar-refractivity contribution < 1.29 is 18.7 Å². The topological polar surface area (TPSA) is 58.6 Å². The van der Waals surface area contributed by atoms with E-state index in [1.54, 1.807) is 48.5 Å². The van der Waals surface area contributed by atoms with Gasteiger partial charge in [0.25, 0.3) is 11.8 Å². The molecule has 5 nitrogen and oxygen atoms in total. The lowest BCUT2D eigenvalue weighted by Gasteiger charge is -2.15. The molecule has 1 N–H and O–H groups in total. The molecular formula is C23H16ClFN2O3. The largest absolute Gasteiger partial charge is 0.495 e. The molecule has 0 fully saturated rings. The molecule has 3 aromatic rings. The summed E-state index contributed by atoms with van der Waals surface area (Å²) in [7, 11) is 1.50. The Hall–Kier alpha value is -3.64. The van der Waals surface area contributed by atoms with Gasteiger partial charge in [-0.1, -0.05) is 41.9 Å². The Kier molecular flexibility index (Phi) is 5.25. The molecule has 0 saturated heterocycles. The average Bonchev–Trinajstić information content (AvgIpc) is 2.99. The second-order valence-corrected chi connectivity index (χ2v) is 6.92. The van der Waals surface area contributed by atoms with Gasteiger partial charge < -0.3 is 10.1 Å². The third-order valence-corrected chi connectivity index (χ3v) is 4.95. The molecule has 0 atom stereocenters. The second kappa shape index (κ2) is 8.00. The number of carbonyl (C=O) groups excluding carboxylic acids is 2. The molecule has 150 valence electrons. The number of nitrogens with zero attached hydrogens (tertiary/aromatic N) is 1. The van der Waals surface area contributed by atoms with Gasteiger partial charge in [-0.2, -0.15) is 0 Å². The molecule has 0 saturated carbocycles. The van der Waals surface area contributed by atoms with Gasteiger partial charge in [0.05, 0.1) is 23.4 Å². The standard InChI is InChI=1S/C23H16ClFN2O3/c1-30-19-12-11-16(13-18(19)24)26-21-20(14-7-9-15(25)10-8-14)22(28)27(23(21)29)17-5-3-2-4-6-17/h2-13,26H,1H3. The van der Waals surface area contributed by atoms with Gasteiger partial charge >= 0.3 is 0 Å². The monoisotopic (exact) mass is 422 g/mol.